The van der Waals surface area contributed by atoms with Crippen molar-refractivity contribution in [1.82, 2.24) is 19.7 Å². The van der Waals surface area contributed by atoms with E-state index in [4.69, 9.17) is 16.3 Å². The Morgan fingerprint density at radius 1 is 1.42 bits per heavy atom. The molecule has 1 aliphatic heterocycles. The summed E-state index contributed by atoms with van der Waals surface area (Å²) in [4.78, 5) is 19.1. The number of ether oxygens (including phenoxy) is 1. The highest BCUT2D eigenvalue weighted by molar-refractivity contribution is 6.33. The molecular formula is C17H21ClN4O2. The number of hydrogen-bond acceptors (Lipinski definition) is 4. The highest BCUT2D eigenvalue weighted by Crippen LogP contribution is 2.33. The number of halogens is 1. The smallest absolute Gasteiger partial charge is 0.274 e. The Morgan fingerprint density at radius 3 is 2.88 bits per heavy atom. The minimum atomic E-state index is -0.166. The fraction of sp³-hybridized carbons (Fsp3) is 0.471. The van der Waals surface area contributed by atoms with Crippen molar-refractivity contribution in [3.63, 3.8) is 0 Å². The van der Waals surface area contributed by atoms with Crippen molar-refractivity contribution in [2.24, 2.45) is 7.05 Å². The first-order valence-corrected chi connectivity index (χ1v) is 8.46. The third kappa shape index (κ3) is 3.38. The molecule has 24 heavy (non-hydrogen) atoms. The van der Waals surface area contributed by atoms with Crippen LogP contribution in [0.4, 0.5) is 0 Å². The lowest BCUT2D eigenvalue weighted by atomic mass is 10.1. The second kappa shape index (κ2) is 6.81. The molecule has 1 fully saturated rings. The summed E-state index contributed by atoms with van der Waals surface area (Å²) in [6.07, 6.45) is 5.60. The number of carbonyl (C=O) groups excluding carboxylic acids is 1. The van der Waals surface area contributed by atoms with Gasteiger partial charge in [-0.05, 0) is 32.8 Å². The molecule has 3 heterocycles. The number of hydrogen-bond donors (Lipinski definition) is 0. The maximum Gasteiger partial charge on any atom is 0.274 e. The maximum atomic E-state index is 13.0. The molecule has 0 radical (unpaired) electrons. The Kier molecular flexibility index (Phi) is 4.76. The third-order valence-electron chi connectivity index (χ3n) is 4.00. The van der Waals surface area contributed by atoms with Crippen LogP contribution in [0.15, 0.2) is 24.5 Å². The summed E-state index contributed by atoms with van der Waals surface area (Å²) in [6.45, 7) is 4.51. The number of aromatic nitrogens is 3. The number of nitrogens with zero attached hydrogens (tertiary/aromatic N) is 4. The molecule has 3 rings (SSSR count). The third-order valence-corrected chi connectivity index (χ3v) is 4.31. The van der Waals surface area contributed by atoms with Gasteiger partial charge in [-0.1, -0.05) is 11.6 Å². The largest absolute Gasteiger partial charge is 0.475 e. The van der Waals surface area contributed by atoms with Gasteiger partial charge < -0.3 is 9.64 Å². The molecule has 2 aromatic heterocycles. The van der Waals surface area contributed by atoms with Gasteiger partial charge in [-0.3, -0.25) is 9.48 Å². The molecule has 0 unspecified atom stereocenters. The molecule has 2 aromatic rings. The van der Waals surface area contributed by atoms with Gasteiger partial charge in [-0.25, -0.2) is 4.98 Å². The average Bonchev–Trinajstić information content (AvgIpc) is 3.16. The SMILES string of the molecule is CC(C)Oc1ccc(Cl)c(C(=O)N2CCC[C@H]2c2cnn(C)c2)n1. The zero-order chi connectivity index (χ0) is 17.3. The average molecular weight is 349 g/mol. The van der Waals surface area contributed by atoms with Gasteiger partial charge in [0.2, 0.25) is 5.88 Å². The number of carbonyl (C=O) groups is 1. The standard InChI is InChI=1S/C17H21ClN4O2/c1-11(2)24-15-7-6-13(18)16(20-15)17(23)22-8-4-5-14(22)12-9-19-21(3)10-12/h6-7,9-11,14H,4-5,8H2,1-3H3/t14-/m0/s1. The highest BCUT2D eigenvalue weighted by atomic mass is 35.5. The molecule has 0 saturated carbocycles. The molecule has 1 amide bonds. The number of amides is 1. The van der Waals surface area contributed by atoms with Gasteiger partial charge in [0.05, 0.1) is 23.4 Å². The molecule has 1 aliphatic rings. The second-order valence-electron chi connectivity index (χ2n) is 6.25. The summed E-state index contributed by atoms with van der Waals surface area (Å²) in [5.74, 6) is 0.246. The van der Waals surface area contributed by atoms with Crippen LogP contribution in [0.1, 0.15) is 48.8 Å². The minimum Gasteiger partial charge on any atom is -0.475 e. The van der Waals surface area contributed by atoms with Gasteiger partial charge in [0.25, 0.3) is 5.91 Å². The van der Waals surface area contributed by atoms with Crippen molar-refractivity contribution in [2.75, 3.05) is 6.54 Å². The topological polar surface area (TPSA) is 60.2 Å². The van der Waals surface area contributed by atoms with Gasteiger partial charge >= 0.3 is 0 Å². The maximum absolute atomic E-state index is 13.0. The van der Waals surface area contributed by atoms with Gasteiger partial charge in [-0.2, -0.15) is 5.10 Å². The van der Waals surface area contributed by atoms with E-state index < -0.39 is 0 Å². The van der Waals surface area contributed by atoms with E-state index in [9.17, 15) is 4.79 Å². The molecule has 0 aliphatic carbocycles. The predicted octanol–water partition coefficient (Wildman–Crippen LogP) is 3.23. The van der Waals surface area contributed by atoms with E-state index in [0.29, 0.717) is 17.4 Å². The first-order chi connectivity index (χ1) is 11.5. The summed E-state index contributed by atoms with van der Waals surface area (Å²) < 4.78 is 7.33. The van der Waals surface area contributed by atoms with Crippen LogP contribution in [-0.2, 0) is 7.05 Å². The van der Waals surface area contributed by atoms with Crippen LogP contribution in [0.2, 0.25) is 5.02 Å². The minimum absolute atomic E-state index is 0.0127. The van der Waals surface area contributed by atoms with Crippen LogP contribution in [0.5, 0.6) is 5.88 Å². The van der Waals surface area contributed by atoms with Crippen LogP contribution >= 0.6 is 11.6 Å². The molecule has 1 saturated heterocycles. The molecule has 0 spiro atoms. The van der Waals surface area contributed by atoms with Gasteiger partial charge in [0, 0.05) is 31.4 Å². The predicted molar refractivity (Wildman–Crippen MR) is 91.2 cm³/mol. The van der Waals surface area contributed by atoms with Gasteiger partial charge in [0.1, 0.15) is 0 Å². The van der Waals surface area contributed by atoms with Crippen molar-refractivity contribution in [3.05, 3.63) is 40.8 Å². The summed E-state index contributed by atoms with van der Waals surface area (Å²) in [6, 6.07) is 3.36. The first kappa shape index (κ1) is 16.8. The van der Waals surface area contributed by atoms with Crippen LogP contribution in [0.25, 0.3) is 0 Å². The normalized spacial score (nSPS) is 17.5. The van der Waals surface area contributed by atoms with Crippen molar-refractivity contribution < 1.29 is 9.53 Å². The zero-order valence-electron chi connectivity index (χ0n) is 14.1. The summed E-state index contributed by atoms with van der Waals surface area (Å²) in [5, 5.41) is 4.55. The lowest BCUT2D eigenvalue weighted by molar-refractivity contribution is 0.0728. The molecule has 6 nitrogen and oxygen atoms in total. The van der Waals surface area contributed by atoms with E-state index in [-0.39, 0.29) is 23.7 Å². The van der Waals surface area contributed by atoms with Crippen molar-refractivity contribution in [3.8, 4) is 5.88 Å². The molecule has 7 heteroatoms. The number of pyridine rings is 1. The van der Waals surface area contributed by atoms with Gasteiger partial charge in [-0.15, -0.1) is 0 Å². The van der Waals surface area contributed by atoms with Crippen LogP contribution in [-0.4, -0.2) is 38.2 Å². The summed E-state index contributed by atoms with van der Waals surface area (Å²) in [5.41, 5.74) is 1.28. The molecule has 1 atom stereocenters. The molecule has 0 bridgehead atoms. The van der Waals surface area contributed by atoms with E-state index >= 15 is 0 Å². The van der Waals surface area contributed by atoms with Crippen LogP contribution in [0, 0.1) is 0 Å². The summed E-state index contributed by atoms with van der Waals surface area (Å²) >= 11 is 6.22. The van der Waals surface area contributed by atoms with Gasteiger partial charge in [0.15, 0.2) is 5.69 Å². The highest BCUT2D eigenvalue weighted by Gasteiger charge is 2.33. The number of aryl methyl sites for hydroxylation is 1. The van der Waals surface area contributed by atoms with E-state index in [2.05, 4.69) is 10.1 Å². The van der Waals surface area contributed by atoms with E-state index in [1.807, 2.05) is 38.2 Å². The lowest BCUT2D eigenvalue weighted by Gasteiger charge is -2.24. The Bertz CT molecular complexity index is 744. The molecule has 128 valence electrons. The van der Waals surface area contributed by atoms with Crippen molar-refractivity contribution >= 4 is 17.5 Å². The number of likely N-dealkylation sites (tertiary alicyclic amines) is 1. The van der Waals surface area contributed by atoms with Crippen molar-refractivity contribution in [2.45, 2.75) is 38.8 Å². The van der Waals surface area contributed by atoms with Crippen molar-refractivity contribution in [1.29, 1.82) is 0 Å². The molecule has 0 aromatic carbocycles. The van der Waals surface area contributed by atoms with E-state index in [0.717, 1.165) is 18.4 Å². The quantitative estimate of drug-likeness (QED) is 0.851. The molecular weight excluding hydrogens is 328 g/mol. The summed E-state index contributed by atoms with van der Waals surface area (Å²) in [7, 11) is 1.87. The number of rotatable bonds is 4. The molecule has 0 N–H and O–H groups in total. The Balaban J connectivity index is 1.87. The Hall–Kier alpha value is -2.08. The Labute approximate surface area is 146 Å². The lowest BCUT2D eigenvalue weighted by Crippen LogP contribution is -2.31. The van der Waals surface area contributed by atoms with E-state index in [1.165, 1.54) is 0 Å². The first-order valence-electron chi connectivity index (χ1n) is 8.08. The Morgan fingerprint density at radius 2 is 2.21 bits per heavy atom. The monoisotopic (exact) mass is 348 g/mol. The second-order valence-corrected chi connectivity index (χ2v) is 6.66. The zero-order valence-corrected chi connectivity index (χ0v) is 14.8. The fourth-order valence-corrected chi connectivity index (χ4v) is 3.17. The van der Waals surface area contributed by atoms with E-state index in [1.54, 1.807) is 16.8 Å². The van der Waals surface area contributed by atoms with Crippen LogP contribution < -0.4 is 4.74 Å². The van der Waals surface area contributed by atoms with Crippen LogP contribution in [0.3, 0.4) is 0 Å². The fourth-order valence-electron chi connectivity index (χ4n) is 2.99.